The molecule has 0 atom stereocenters. The topological polar surface area (TPSA) is 62.7 Å². The number of carbonyl (C=O) groups is 1. The fourth-order valence-corrected chi connectivity index (χ4v) is 3.99. The summed E-state index contributed by atoms with van der Waals surface area (Å²) in [4.78, 5) is 16.0. The van der Waals surface area contributed by atoms with E-state index in [2.05, 4.69) is 22.4 Å². The van der Waals surface area contributed by atoms with Crippen LogP contribution in [0.5, 0.6) is 0 Å². The van der Waals surface area contributed by atoms with Gasteiger partial charge in [0.05, 0.1) is 18.7 Å². The monoisotopic (exact) mass is 420 g/mol. The Bertz CT molecular complexity index is 1340. The normalized spacial score (nSPS) is 11.0. The summed E-state index contributed by atoms with van der Waals surface area (Å²) in [6.45, 7) is 1.12. The molecule has 158 valence electrons. The molecular weight excluding hydrogens is 396 g/mol. The Labute approximate surface area is 186 Å². The molecule has 0 unspecified atom stereocenters. The van der Waals surface area contributed by atoms with Crippen LogP contribution in [0.2, 0.25) is 0 Å². The molecule has 0 saturated heterocycles. The SMILES string of the molecule is O=C(Cc1c[nH]c2ccccc12)NCc1cn(Cc2ccccc2)nc1-c1ccccc1. The van der Waals surface area contributed by atoms with E-state index in [1.54, 1.807) is 0 Å². The fourth-order valence-electron chi connectivity index (χ4n) is 3.99. The van der Waals surface area contributed by atoms with Gasteiger partial charge in [0.1, 0.15) is 0 Å². The lowest BCUT2D eigenvalue weighted by molar-refractivity contribution is -0.120. The number of nitrogens with zero attached hydrogens (tertiary/aromatic N) is 2. The van der Waals surface area contributed by atoms with Crippen molar-refractivity contribution >= 4 is 16.8 Å². The number of rotatable bonds is 7. The summed E-state index contributed by atoms with van der Waals surface area (Å²) in [6.07, 6.45) is 4.28. The Morgan fingerprint density at radius 3 is 2.41 bits per heavy atom. The van der Waals surface area contributed by atoms with Crippen molar-refractivity contribution in [2.24, 2.45) is 0 Å². The molecule has 5 nitrogen and oxygen atoms in total. The molecule has 5 heteroatoms. The Kier molecular flexibility index (Phi) is 5.54. The van der Waals surface area contributed by atoms with Crippen molar-refractivity contribution in [1.29, 1.82) is 0 Å². The number of hydrogen-bond acceptors (Lipinski definition) is 2. The standard InChI is InChI=1S/C27H24N4O/c32-26(15-22-16-28-25-14-8-7-13-24(22)25)29-17-23-19-31(18-20-9-3-1-4-10-20)30-27(23)21-11-5-2-6-12-21/h1-14,16,19,28H,15,17-18H2,(H,29,32). The van der Waals surface area contributed by atoms with E-state index in [1.165, 1.54) is 5.56 Å². The Hall–Kier alpha value is -4.12. The van der Waals surface area contributed by atoms with Crippen molar-refractivity contribution < 1.29 is 4.79 Å². The molecule has 0 radical (unpaired) electrons. The van der Waals surface area contributed by atoms with Crippen LogP contribution >= 0.6 is 0 Å². The van der Waals surface area contributed by atoms with E-state index in [-0.39, 0.29) is 5.91 Å². The van der Waals surface area contributed by atoms with Gasteiger partial charge in [0.25, 0.3) is 0 Å². The third-order valence-corrected chi connectivity index (χ3v) is 5.57. The second-order valence-electron chi connectivity index (χ2n) is 7.87. The average molecular weight is 421 g/mol. The zero-order valence-corrected chi connectivity index (χ0v) is 17.7. The molecule has 0 aliphatic heterocycles. The second kappa shape index (κ2) is 8.94. The number of amides is 1. The summed E-state index contributed by atoms with van der Waals surface area (Å²) < 4.78 is 1.94. The lowest BCUT2D eigenvalue weighted by Crippen LogP contribution is -2.24. The Morgan fingerprint density at radius 1 is 0.875 bits per heavy atom. The van der Waals surface area contributed by atoms with E-state index >= 15 is 0 Å². The third-order valence-electron chi connectivity index (χ3n) is 5.57. The highest BCUT2D eigenvalue weighted by Crippen LogP contribution is 2.23. The van der Waals surface area contributed by atoms with Gasteiger partial charge in [-0.05, 0) is 17.2 Å². The minimum atomic E-state index is -0.00965. The molecule has 32 heavy (non-hydrogen) atoms. The fraction of sp³-hybridized carbons (Fsp3) is 0.111. The van der Waals surface area contributed by atoms with Crippen LogP contribution in [0.25, 0.3) is 22.2 Å². The summed E-state index contributed by atoms with van der Waals surface area (Å²) in [6, 6.07) is 28.4. The second-order valence-corrected chi connectivity index (χ2v) is 7.87. The highest BCUT2D eigenvalue weighted by molar-refractivity contribution is 5.88. The number of fused-ring (bicyclic) bond motifs is 1. The van der Waals surface area contributed by atoms with Crippen LogP contribution in [0.15, 0.2) is 97.3 Å². The Morgan fingerprint density at radius 2 is 1.59 bits per heavy atom. The van der Waals surface area contributed by atoms with Gasteiger partial charge in [0.2, 0.25) is 5.91 Å². The van der Waals surface area contributed by atoms with Crippen LogP contribution in [-0.4, -0.2) is 20.7 Å². The predicted octanol–water partition coefficient (Wildman–Crippen LogP) is 4.94. The molecule has 0 aliphatic carbocycles. The van der Waals surface area contributed by atoms with Crippen LogP contribution in [0, 0.1) is 0 Å². The molecular formula is C27H24N4O. The van der Waals surface area contributed by atoms with Crippen LogP contribution in [-0.2, 0) is 24.3 Å². The molecule has 0 bridgehead atoms. The van der Waals surface area contributed by atoms with Crippen molar-refractivity contribution in [2.45, 2.75) is 19.5 Å². The molecule has 1 amide bonds. The number of para-hydroxylation sites is 1. The molecule has 2 heterocycles. The van der Waals surface area contributed by atoms with Gasteiger partial charge in [-0.2, -0.15) is 5.10 Å². The largest absolute Gasteiger partial charge is 0.361 e. The first kappa shape index (κ1) is 19.8. The van der Waals surface area contributed by atoms with E-state index in [9.17, 15) is 4.79 Å². The van der Waals surface area contributed by atoms with Gasteiger partial charge in [0, 0.05) is 41.0 Å². The number of aromatic nitrogens is 3. The zero-order valence-electron chi connectivity index (χ0n) is 17.7. The molecule has 0 saturated carbocycles. The minimum Gasteiger partial charge on any atom is -0.361 e. The van der Waals surface area contributed by atoms with E-state index < -0.39 is 0 Å². The maximum absolute atomic E-state index is 12.7. The summed E-state index contributed by atoms with van der Waals surface area (Å²) in [5, 5.41) is 9.00. The van der Waals surface area contributed by atoms with Crippen molar-refractivity contribution in [1.82, 2.24) is 20.1 Å². The van der Waals surface area contributed by atoms with E-state index in [0.29, 0.717) is 19.5 Å². The van der Waals surface area contributed by atoms with Crippen molar-refractivity contribution in [3.63, 3.8) is 0 Å². The summed E-state index contributed by atoms with van der Waals surface area (Å²) in [5.41, 5.74) is 6.17. The van der Waals surface area contributed by atoms with Crippen LogP contribution < -0.4 is 5.32 Å². The number of H-pyrrole nitrogens is 1. The first-order chi connectivity index (χ1) is 15.8. The van der Waals surface area contributed by atoms with Crippen molar-refractivity contribution in [3.8, 4) is 11.3 Å². The number of hydrogen-bond donors (Lipinski definition) is 2. The van der Waals surface area contributed by atoms with Gasteiger partial charge < -0.3 is 10.3 Å². The Balaban J connectivity index is 1.34. The summed E-state index contributed by atoms with van der Waals surface area (Å²) in [7, 11) is 0. The number of carbonyl (C=O) groups excluding carboxylic acids is 1. The molecule has 3 aromatic carbocycles. The van der Waals surface area contributed by atoms with Gasteiger partial charge >= 0.3 is 0 Å². The molecule has 0 aliphatic rings. The maximum Gasteiger partial charge on any atom is 0.224 e. The first-order valence-corrected chi connectivity index (χ1v) is 10.7. The summed E-state index contributed by atoms with van der Waals surface area (Å²) >= 11 is 0. The van der Waals surface area contributed by atoms with Gasteiger partial charge in [-0.3, -0.25) is 9.48 Å². The van der Waals surface area contributed by atoms with Crippen molar-refractivity contribution in [3.05, 3.63) is 114 Å². The first-order valence-electron chi connectivity index (χ1n) is 10.7. The molecule has 0 fully saturated rings. The lowest BCUT2D eigenvalue weighted by atomic mass is 10.1. The summed E-state index contributed by atoms with van der Waals surface area (Å²) in [5.74, 6) is -0.00965. The van der Waals surface area contributed by atoms with Crippen LogP contribution in [0.3, 0.4) is 0 Å². The number of nitrogens with one attached hydrogen (secondary N) is 2. The smallest absolute Gasteiger partial charge is 0.224 e. The molecule has 0 spiro atoms. The quantitative estimate of drug-likeness (QED) is 0.392. The average Bonchev–Trinajstić information content (AvgIpc) is 3.43. The van der Waals surface area contributed by atoms with Gasteiger partial charge in [-0.25, -0.2) is 0 Å². The minimum absolute atomic E-state index is 0.00965. The van der Waals surface area contributed by atoms with E-state index in [0.717, 1.165) is 33.3 Å². The highest BCUT2D eigenvalue weighted by Gasteiger charge is 2.14. The predicted molar refractivity (Wildman–Crippen MR) is 127 cm³/mol. The van der Waals surface area contributed by atoms with Gasteiger partial charge in [-0.15, -0.1) is 0 Å². The third kappa shape index (κ3) is 4.32. The number of aromatic amines is 1. The lowest BCUT2D eigenvalue weighted by Gasteiger charge is -2.05. The molecule has 2 N–H and O–H groups in total. The van der Waals surface area contributed by atoms with Crippen LogP contribution in [0.4, 0.5) is 0 Å². The van der Waals surface area contributed by atoms with Gasteiger partial charge in [0.15, 0.2) is 0 Å². The highest BCUT2D eigenvalue weighted by atomic mass is 16.1. The van der Waals surface area contributed by atoms with E-state index in [4.69, 9.17) is 5.10 Å². The van der Waals surface area contributed by atoms with Crippen LogP contribution in [0.1, 0.15) is 16.7 Å². The molecule has 5 rings (SSSR count). The van der Waals surface area contributed by atoms with Crippen molar-refractivity contribution in [2.75, 3.05) is 0 Å². The molecule has 5 aromatic rings. The molecule has 2 aromatic heterocycles. The van der Waals surface area contributed by atoms with Gasteiger partial charge in [-0.1, -0.05) is 78.9 Å². The zero-order chi connectivity index (χ0) is 21.8. The van der Waals surface area contributed by atoms with E-state index in [1.807, 2.05) is 89.9 Å². The number of benzene rings is 3. The maximum atomic E-state index is 12.7.